The largest absolute Gasteiger partial charge is 0.504 e. The second kappa shape index (κ2) is 6.19. The SMILES string of the molecule is COc1ccc(C(=O)c2cc3c(c(OC)c2OC)OCO3)cc1O. The molecule has 0 bridgehead atoms. The first kappa shape index (κ1) is 15.8. The molecule has 2 aromatic rings. The second-order valence-electron chi connectivity index (χ2n) is 4.94. The fourth-order valence-electron chi connectivity index (χ4n) is 2.54. The number of rotatable bonds is 5. The van der Waals surface area contributed by atoms with Crippen LogP contribution in [0, 0.1) is 0 Å². The minimum Gasteiger partial charge on any atom is -0.504 e. The van der Waals surface area contributed by atoms with Crippen LogP contribution in [0.15, 0.2) is 24.3 Å². The molecule has 0 amide bonds. The Bertz CT molecular complexity index is 798. The quantitative estimate of drug-likeness (QED) is 0.842. The standard InChI is InChI=1S/C17H16O7/c1-20-12-5-4-9(6-11(12)18)14(19)10-7-13-16(24-8-23-13)17(22-3)15(10)21-2/h4-7,18H,8H2,1-3H3. The number of hydrogen-bond donors (Lipinski definition) is 1. The molecule has 3 rings (SSSR count). The Morgan fingerprint density at radius 2 is 1.79 bits per heavy atom. The minimum atomic E-state index is -0.360. The van der Waals surface area contributed by atoms with Gasteiger partial charge in [-0.1, -0.05) is 0 Å². The summed E-state index contributed by atoms with van der Waals surface area (Å²) in [6.45, 7) is 0.0375. The van der Waals surface area contributed by atoms with E-state index in [1.54, 1.807) is 6.07 Å². The van der Waals surface area contributed by atoms with Gasteiger partial charge in [0, 0.05) is 5.56 Å². The number of ketones is 1. The maximum atomic E-state index is 12.9. The number of ether oxygens (including phenoxy) is 5. The number of fused-ring (bicyclic) bond motifs is 1. The maximum Gasteiger partial charge on any atom is 0.231 e. The summed E-state index contributed by atoms with van der Waals surface area (Å²) >= 11 is 0. The van der Waals surface area contributed by atoms with Crippen LogP contribution in [0.3, 0.4) is 0 Å². The van der Waals surface area contributed by atoms with Crippen molar-refractivity contribution in [1.29, 1.82) is 0 Å². The van der Waals surface area contributed by atoms with Gasteiger partial charge in [0.05, 0.1) is 26.9 Å². The fourth-order valence-corrected chi connectivity index (χ4v) is 2.54. The molecule has 0 unspecified atom stereocenters. The van der Waals surface area contributed by atoms with E-state index in [1.165, 1.54) is 39.5 Å². The van der Waals surface area contributed by atoms with Crippen molar-refractivity contribution in [2.45, 2.75) is 0 Å². The number of phenols is 1. The topological polar surface area (TPSA) is 83.5 Å². The Morgan fingerprint density at radius 3 is 2.42 bits per heavy atom. The van der Waals surface area contributed by atoms with Gasteiger partial charge in [-0.15, -0.1) is 0 Å². The van der Waals surface area contributed by atoms with Gasteiger partial charge in [-0.3, -0.25) is 4.79 Å². The van der Waals surface area contributed by atoms with Crippen molar-refractivity contribution in [3.8, 4) is 34.5 Å². The van der Waals surface area contributed by atoms with E-state index in [0.717, 1.165) is 0 Å². The van der Waals surface area contributed by atoms with E-state index in [4.69, 9.17) is 23.7 Å². The summed E-state index contributed by atoms with van der Waals surface area (Å²) in [7, 11) is 4.32. The lowest BCUT2D eigenvalue weighted by atomic mass is 10.0. The van der Waals surface area contributed by atoms with Crippen LogP contribution in [0.1, 0.15) is 15.9 Å². The lowest BCUT2D eigenvalue weighted by molar-refractivity contribution is 0.103. The summed E-state index contributed by atoms with van der Waals surface area (Å²) in [4.78, 5) is 12.9. The first-order valence-corrected chi connectivity index (χ1v) is 7.07. The van der Waals surface area contributed by atoms with Gasteiger partial charge in [0.15, 0.2) is 28.8 Å². The Balaban J connectivity index is 2.12. The molecule has 1 heterocycles. The van der Waals surface area contributed by atoms with Gasteiger partial charge in [0.25, 0.3) is 0 Å². The Morgan fingerprint density at radius 1 is 1.04 bits per heavy atom. The van der Waals surface area contributed by atoms with Gasteiger partial charge in [0.1, 0.15) is 0 Å². The number of methoxy groups -OCH3 is 3. The molecule has 7 heteroatoms. The Kier molecular flexibility index (Phi) is 4.07. The molecule has 0 aromatic heterocycles. The zero-order chi connectivity index (χ0) is 17.3. The van der Waals surface area contributed by atoms with E-state index >= 15 is 0 Å². The summed E-state index contributed by atoms with van der Waals surface area (Å²) in [5, 5.41) is 9.89. The summed E-state index contributed by atoms with van der Waals surface area (Å²) < 4.78 is 26.3. The molecule has 0 saturated carbocycles. The predicted octanol–water partition coefficient (Wildman–Crippen LogP) is 2.38. The molecule has 0 fully saturated rings. The molecule has 0 spiro atoms. The molecule has 1 aliphatic rings. The highest BCUT2D eigenvalue weighted by molar-refractivity contribution is 6.12. The van der Waals surface area contributed by atoms with E-state index < -0.39 is 0 Å². The van der Waals surface area contributed by atoms with Gasteiger partial charge >= 0.3 is 0 Å². The molecular formula is C17H16O7. The smallest absolute Gasteiger partial charge is 0.231 e. The van der Waals surface area contributed by atoms with Crippen LogP contribution in [-0.4, -0.2) is 39.0 Å². The van der Waals surface area contributed by atoms with Gasteiger partial charge in [-0.25, -0.2) is 0 Å². The normalized spacial score (nSPS) is 12.0. The molecule has 0 aliphatic carbocycles. The van der Waals surface area contributed by atoms with Crippen LogP contribution in [0.5, 0.6) is 34.5 Å². The van der Waals surface area contributed by atoms with Crippen molar-refractivity contribution in [1.82, 2.24) is 0 Å². The summed E-state index contributed by atoms with van der Waals surface area (Å²) in [5.74, 6) is 1.10. The van der Waals surface area contributed by atoms with Crippen LogP contribution in [0.4, 0.5) is 0 Å². The average Bonchev–Trinajstić information content (AvgIpc) is 3.07. The van der Waals surface area contributed by atoms with E-state index in [-0.39, 0.29) is 46.7 Å². The molecule has 2 aromatic carbocycles. The predicted molar refractivity (Wildman–Crippen MR) is 83.8 cm³/mol. The summed E-state index contributed by atoms with van der Waals surface area (Å²) in [6.07, 6.45) is 0. The highest BCUT2D eigenvalue weighted by atomic mass is 16.7. The number of carbonyl (C=O) groups is 1. The number of phenolic OH excluding ortho intramolecular Hbond substituents is 1. The molecule has 0 atom stereocenters. The van der Waals surface area contributed by atoms with E-state index in [1.807, 2.05) is 0 Å². The lowest BCUT2D eigenvalue weighted by Crippen LogP contribution is -2.06. The molecule has 7 nitrogen and oxygen atoms in total. The molecule has 1 N–H and O–H groups in total. The maximum absolute atomic E-state index is 12.9. The third-order valence-electron chi connectivity index (χ3n) is 3.67. The van der Waals surface area contributed by atoms with Gasteiger partial charge in [-0.2, -0.15) is 0 Å². The van der Waals surface area contributed by atoms with Crippen molar-refractivity contribution >= 4 is 5.78 Å². The first-order valence-electron chi connectivity index (χ1n) is 7.07. The van der Waals surface area contributed by atoms with Crippen molar-refractivity contribution in [2.24, 2.45) is 0 Å². The van der Waals surface area contributed by atoms with E-state index in [2.05, 4.69) is 0 Å². The second-order valence-corrected chi connectivity index (χ2v) is 4.94. The summed E-state index contributed by atoms with van der Waals surface area (Å²) in [5.41, 5.74) is 0.510. The molecular weight excluding hydrogens is 316 g/mol. The van der Waals surface area contributed by atoms with Crippen molar-refractivity contribution in [2.75, 3.05) is 28.1 Å². The van der Waals surface area contributed by atoms with Crippen LogP contribution in [-0.2, 0) is 0 Å². The molecule has 0 saturated heterocycles. The minimum absolute atomic E-state index is 0.0375. The third kappa shape index (κ3) is 2.44. The Labute approximate surface area is 138 Å². The highest BCUT2D eigenvalue weighted by Crippen LogP contribution is 2.49. The molecule has 126 valence electrons. The number of hydrogen-bond acceptors (Lipinski definition) is 7. The van der Waals surface area contributed by atoms with E-state index in [0.29, 0.717) is 11.5 Å². The highest BCUT2D eigenvalue weighted by Gasteiger charge is 2.29. The van der Waals surface area contributed by atoms with E-state index in [9.17, 15) is 9.90 Å². The van der Waals surface area contributed by atoms with Crippen LogP contribution < -0.4 is 23.7 Å². The van der Waals surface area contributed by atoms with Gasteiger partial charge in [0.2, 0.25) is 18.3 Å². The van der Waals surface area contributed by atoms with Crippen molar-refractivity contribution < 1.29 is 33.6 Å². The van der Waals surface area contributed by atoms with Gasteiger partial charge in [-0.05, 0) is 24.3 Å². The first-order chi connectivity index (χ1) is 11.6. The van der Waals surface area contributed by atoms with Gasteiger partial charge < -0.3 is 28.8 Å². The van der Waals surface area contributed by atoms with Crippen LogP contribution >= 0.6 is 0 Å². The van der Waals surface area contributed by atoms with Crippen LogP contribution in [0.2, 0.25) is 0 Å². The number of carbonyl (C=O) groups excluding carboxylic acids is 1. The molecule has 0 radical (unpaired) electrons. The molecule has 24 heavy (non-hydrogen) atoms. The van der Waals surface area contributed by atoms with Crippen molar-refractivity contribution in [3.05, 3.63) is 35.4 Å². The van der Waals surface area contributed by atoms with Crippen molar-refractivity contribution in [3.63, 3.8) is 0 Å². The average molecular weight is 332 g/mol. The monoisotopic (exact) mass is 332 g/mol. The molecule has 1 aliphatic heterocycles. The number of benzene rings is 2. The third-order valence-corrected chi connectivity index (χ3v) is 3.67. The number of aromatic hydroxyl groups is 1. The summed E-state index contributed by atoms with van der Waals surface area (Å²) in [6, 6.07) is 5.93. The fraction of sp³-hybridized carbons (Fsp3) is 0.235. The Hall–Kier alpha value is -3.09. The zero-order valence-corrected chi connectivity index (χ0v) is 13.4. The lowest BCUT2D eigenvalue weighted by Gasteiger charge is -2.14. The van der Waals surface area contributed by atoms with Crippen LogP contribution in [0.25, 0.3) is 0 Å². The zero-order valence-electron chi connectivity index (χ0n) is 13.4.